The van der Waals surface area contributed by atoms with Gasteiger partial charge in [0.15, 0.2) is 5.82 Å². The van der Waals surface area contributed by atoms with Crippen molar-refractivity contribution in [3.63, 3.8) is 0 Å². The maximum Gasteiger partial charge on any atom is 0.181 e. The summed E-state index contributed by atoms with van der Waals surface area (Å²) in [6, 6.07) is 34.9. The van der Waals surface area contributed by atoms with Crippen LogP contribution in [0.15, 0.2) is 109 Å². The molecule has 0 aliphatic rings. The minimum absolute atomic E-state index is 0.618. The van der Waals surface area contributed by atoms with Gasteiger partial charge >= 0.3 is 0 Å². The van der Waals surface area contributed by atoms with Gasteiger partial charge < -0.3 is 0 Å². The van der Waals surface area contributed by atoms with E-state index in [4.69, 9.17) is 15.1 Å². The summed E-state index contributed by atoms with van der Waals surface area (Å²) in [7, 11) is 0. The molecule has 4 nitrogen and oxygen atoms in total. The highest BCUT2D eigenvalue weighted by atomic mass is 15.2. The Morgan fingerprint density at radius 1 is 0.516 bits per heavy atom. The fraction of sp³-hybridized carbons (Fsp3) is 0. The molecule has 0 unspecified atom stereocenters. The lowest BCUT2D eigenvalue weighted by molar-refractivity contribution is 0.964. The first kappa shape index (κ1) is 17.5. The average Bonchev–Trinajstić information content (AvgIpc) is 3.26. The summed E-state index contributed by atoms with van der Waals surface area (Å²) >= 11 is 0. The number of rotatable bonds is 3. The Balaban J connectivity index is 1.56. The first-order chi connectivity index (χ1) is 15.3. The Labute approximate surface area is 179 Å². The summed E-state index contributed by atoms with van der Waals surface area (Å²) in [6.45, 7) is 0. The van der Waals surface area contributed by atoms with E-state index >= 15 is 0 Å². The molecule has 3 heterocycles. The van der Waals surface area contributed by atoms with E-state index in [1.807, 2.05) is 65.3 Å². The summed E-state index contributed by atoms with van der Waals surface area (Å²) in [4.78, 5) is 9.75. The number of pyridine rings is 1. The number of hydrogen-bond acceptors (Lipinski definition) is 3. The van der Waals surface area contributed by atoms with Gasteiger partial charge in [-0.25, -0.2) is 14.5 Å². The summed E-state index contributed by atoms with van der Waals surface area (Å²) in [5, 5.41) is 7.13. The second kappa shape index (κ2) is 7.18. The van der Waals surface area contributed by atoms with Crippen LogP contribution in [0.3, 0.4) is 0 Å². The molecule has 6 rings (SSSR count). The summed E-state index contributed by atoms with van der Waals surface area (Å²) in [5.74, 6) is 0.618. The molecule has 0 radical (unpaired) electrons. The van der Waals surface area contributed by atoms with Crippen LogP contribution in [0.5, 0.6) is 0 Å². The molecule has 31 heavy (non-hydrogen) atoms. The third-order valence-electron chi connectivity index (χ3n) is 5.42. The molecule has 0 spiro atoms. The van der Waals surface area contributed by atoms with Crippen LogP contribution in [-0.4, -0.2) is 19.6 Å². The van der Waals surface area contributed by atoms with Gasteiger partial charge in [-0.3, -0.25) is 0 Å². The van der Waals surface area contributed by atoms with Crippen molar-refractivity contribution in [2.75, 3.05) is 0 Å². The molecule has 146 valence electrons. The van der Waals surface area contributed by atoms with Gasteiger partial charge in [-0.1, -0.05) is 84.9 Å². The summed E-state index contributed by atoms with van der Waals surface area (Å²) in [5.41, 5.74) is 5.64. The lowest BCUT2D eigenvalue weighted by atomic mass is 10.1. The monoisotopic (exact) mass is 398 g/mol. The molecule has 0 aliphatic carbocycles. The van der Waals surface area contributed by atoms with Crippen molar-refractivity contribution in [2.24, 2.45) is 0 Å². The molecule has 0 saturated heterocycles. The third kappa shape index (κ3) is 3.24. The SMILES string of the molecule is c1ccc(-c2cc(-c3ccccc3)nc(-c3cc4cc5ccccc5cn4n3)n2)cc1. The van der Waals surface area contributed by atoms with Crippen LogP contribution in [0.2, 0.25) is 0 Å². The van der Waals surface area contributed by atoms with Gasteiger partial charge in [-0.15, -0.1) is 0 Å². The van der Waals surface area contributed by atoms with Crippen LogP contribution in [0.4, 0.5) is 0 Å². The molecule has 0 amide bonds. The molecule has 6 aromatic rings. The fourth-order valence-electron chi connectivity index (χ4n) is 3.86. The minimum atomic E-state index is 0.618. The zero-order valence-electron chi connectivity index (χ0n) is 16.7. The quantitative estimate of drug-likeness (QED) is 0.352. The largest absolute Gasteiger partial charge is 0.240 e. The normalized spacial score (nSPS) is 11.2. The highest BCUT2D eigenvalue weighted by molar-refractivity contribution is 5.86. The molecular formula is C27H18N4. The second-order valence-corrected chi connectivity index (χ2v) is 7.50. The van der Waals surface area contributed by atoms with E-state index in [-0.39, 0.29) is 0 Å². The molecule has 0 fully saturated rings. The first-order valence-electron chi connectivity index (χ1n) is 10.2. The van der Waals surface area contributed by atoms with Crippen LogP contribution in [0, 0.1) is 0 Å². The van der Waals surface area contributed by atoms with Crippen LogP contribution in [-0.2, 0) is 0 Å². The van der Waals surface area contributed by atoms with Crippen molar-refractivity contribution in [2.45, 2.75) is 0 Å². The topological polar surface area (TPSA) is 43.1 Å². The van der Waals surface area contributed by atoms with E-state index in [1.165, 1.54) is 5.39 Å². The van der Waals surface area contributed by atoms with Crippen molar-refractivity contribution < 1.29 is 0 Å². The van der Waals surface area contributed by atoms with Gasteiger partial charge in [0, 0.05) is 22.7 Å². The predicted octanol–water partition coefficient (Wildman–Crippen LogP) is 6.28. The molecule has 3 aromatic heterocycles. The maximum absolute atomic E-state index is 4.88. The number of nitrogens with zero attached hydrogens (tertiary/aromatic N) is 4. The highest BCUT2D eigenvalue weighted by Crippen LogP contribution is 2.28. The van der Waals surface area contributed by atoms with E-state index in [9.17, 15) is 0 Å². The van der Waals surface area contributed by atoms with Crippen molar-refractivity contribution in [1.82, 2.24) is 19.6 Å². The van der Waals surface area contributed by atoms with Crippen molar-refractivity contribution in [3.8, 4) is 34.0 Å². The number of benzene rings is 3. The molecule has 0 atom stereocenters. The van der Waals surface area contributed by atoms with E-state index in [0.717, 1.165) is 39.1 Å². The lowest BCUT2D eigenvalue weighted by Crippen LogP contribution is -1.96. The second-order valence-electron chi connectivity index (χ2n) is 7.50. The fourth-order valence-corrected chi connectivity index (χ4v) is 3.86. The molecule has 0 saturated carbocycles. The van der Waals surface area contributed by atoms with E-state index in [0.29, 0.717) is 5.82 Å². The van der Waals surface area contributed by atoms with Crippen LogP contribution < -0.4 is 0 Å². The van der Waals surface area contributed by atoms with Gasteiger partial charge in [0.25, 0.3) is 0 Å². The van der Waals surface area contributed by atoms with Crippen molar-refractivity contribution in [1.29, 1.82) is 0 Å². The van der Waals surface area contributed by atoms with Gasteiger partial charge in [-0.2, -0.15) is 5.10 Å². The molecule has 3 aromatic carbocycles. The Morgan fingerprint density at radius 2 is 1.10 bits per heavy atom. The van der Waals surface area contributed by atoms with Crippen LogP contribution in [0.25, 0.3) is 50.3 Å². The predicted molar refractivity (Wildman–Crippen MR) is 125 cm³/mol. The number of fused-ring (bicyclic) bond motifs is 2. The van der Waals surface area contributed by atoms with E-state index < -0.39 is 0 Å². The lowest BCUT2D eigenvalue weighted by Gasteiger charge is -2.07. The number of hydrogen-bond donors (Lipinski definition) is 0. The zero-order chi connectivity index (χ0) is 20.6. The van der Waals surface area contributed by atoms with Crippen molar-refractivity contribution >= 4 is 16.3 Å². The standard InChI is InChI=1S/C27H18N4/c1-3-9-19(10-4-1)24-17-25(20-11-5-2-6-12-20)29-27(28-24)26-16-23-15-21-13-7-8-14-22(21)18-31(23)30-26/h1-18H. The highest BCUT2D eigenvalue weighted by Gasteiger charge is 2.13. The zero-order valence-corrected chi connectivity index (χ0v) is 16.7. The molecule has 0 bridgehead atoms. The maximum atomic E-state index is 4.88. The Morgan fingerprint density at radius 3 is 1.74 bits per heavy atom. The molecule has 4 heteroatoms. The Bertz CT molecular complexity index is 1410. The molecule has 0 N–H and O–H groups in total. The van der Waals surface area contributed by atoms with E-state index in [1.54, 1.807) is 0 Å². The Kier molecular flexibility index (Phi) is 4.06. The summed E-state index contributed by atoms with van der Waals surface area (Å²) in [6.07, 6.45) is 2.05. The molecule has 0 aliphatic heterocycles. The Hall–Kier alpha value is -4.31. The smallest absolute Gasteiger partial charge is 0.181 e. The van der Waals surface area contributed by atoms with Crippen molar-refractivity contribution in [3.05, 3.63) is 109 Å². The van der Waals surface area contributed by atoms with Crippen LogP contribution >= 0.6 is 0 Å². The van der Waals surface area contributed by atoms with Gasteiger partial charge in [0.1, 0.15) is 5.69 Å². The summed E-state index contributed by atoms with van der Waals surface area (Å²) < 4.78 is 1.90. The average molecular weight is 398 g/mol. The first-order valence-corrected chi connectivity index (χ1v) is 10.2. The number of aromatic nitrogens is 4. The van der Waals surface area contributed by atoms with E-state index in [2.05, 4.69) is 48.5 Å². The van der Waals surface area contributed by atoms with Gasteiger partial charge in [0.2, 0.25) is 0 Å². The van der Waals surface area contributed by atoms with Gasteiger partial charge in [-0.05, 0) is 23.6 Å². The van der Waals surface area contributed by atoms with Gasteiger partial charge in [0.05, 0.1) is 16.9 Å². The third-order valence-corrected chi connectivity index (χ3v) is 5.42. The van der Waals surface area contributed by atoms with Crippen LogP contribution in [0.1, 0.15) is 0 Å². The minimum Gasteiger partial charge on any atom is -0.240 e. The molecular weight excluding hydrogens is 380 g/mol.